The van der Waals surface area contributed by atoms with Crippen molar-refractivity contribution in [3.05, 3.63) is 54.2 Å². The van der Waals surface area contributed by atoms with Gasteiger partial charge in [-0.25, -0.2) is 4.98 Å². The predicted molar refractivity (Wildman–Crippen MR) is 93.9 cm³/mol. The van der Waals surface area contributed by atoms with Crippen molar-refractivity contribution in [1.82, 2.24) is 14.9 Å². The van der Waals surface area contributed by atoms with Crippen molar-refractivity contribution in [2.75, 3.05) is 0 Å². The topological polar surface area (TPSA) is 60.1 Å². The second-order valence-electron chi connectivity index (χ2n) is 6.59. The van der Waals surface area contributed by atoms with E-state index >= 15 is 0 Å². The summed E-state index contributed by atoms with van der Waals surface area (Å²) in [6.45, 7) is 8.42. The molecule has 0 bridgehead atoms. The van der Waals surface area contributed by atoms with E-state index in [2.05, 4.69) is 43.6 Å². The first kappa shape index (κ1) is 16.3. The third-order valence-corrected chi connectivity index (χ3v) is 4.12. The number of amides is 1. The molecule has 0 unspecified atom stereocenters. The molecule has 1 aromatic carbocycles. The van der Waals surface area contributed by atoms with Crippen molar-refractivity contribution in [2.24, 2.45) is 5.92 Å². The summed E-state index contributed by atoms with van der Waals surface area (Å²) in [4.78, 5) is 17.3. The second-order valence-corrected chi connectivity index (χ2v) is 6.59. The highest BCUT2D eigenvalue weighted by Crippen LogP contribution is 2.29. The molecule has 0 aliphatic rings. The van der Waals surface area contributed by atoms with Crippen molar-refractivity contribution >= 4 is 16.9 Å². The molecule has 126 valence electrons. The molecule has 0 saturated carbocycles. The second kappa shape index (κ2) is 6.51. The first-order chi connectivity index (χ1) is 11.5. The Morgan fingerprint density at radius 2 is 1.88 bits per heavy atom. The van der Waals surface area contributed by atoms with Crippen LogP contribution in [0.5, 0.6) is 0 Å². The number of hydrogen-bond acceptors (Lipinski definition) is 3. The molecule has 1 atom stereocenters. The van der Waals surface area contributed by atoms with E-state index in [1.165, 1.54) is 6.26 Å². The smallest absolute Gasteiger partial charge is 0.287 e. The van der Waals surface area contributed by atoms with E-state index in [0.717, 1.165) is 16.9 Å². The molecule has 0 aliphatic heterocycles. The number of para-hydroxylation sites is 2. The fourth-order valence-corrected chi connectivity index (χ4v) is 2.97. The maximum Gasteiger partial charge on any atom is 0.287 e. The van der Waals surface area contributed by atoms with Gasteiger partial charge in [-0.2, -0.15) is 0 Å². The highest BCUT2D eigenvalue weighted by Gasteiger charge is 2.27. The number of furan rings is 1. The van der Waals surface area contributed by atoms with Gasteiger partial charge >= 0.3 is 0 Å². The third-order valence-electron chi connectivity index (χ3n) is 4.12. The van der Waals surface area contributed by atoms with Crippen LogP contribution in [0, 0.1) is 5.92 Å². The maximum absolute atomic E-state index is 12.4. The van der Waals surface area contributed by atoms with Crippen LogP contribution >= 0.6 is 0 Å². The number of hydrogen-bond donors (Lipinski definition) is 1. The van der Waals surface area contributed by atoms with E-state index in [1.807, 2.05) is 18.2 Å². The van der Waals surface area contributed by atoms with Crippen LogP contribution in [0.4, 0.5) is 0 Å². The highest BCUT2D eigenvalue weighted by molar-refractivity contribution is 5.91. The van der Waals surface area contributed by atoms with Gasteiger partial charge in [0.25, 0.3) is 5.91 Å². The van der Waals surface area contributed by atoms with Gasteiger partial charge in [0.1, 0.15) is 5.82 Å². The molecular weight excluding hydrogens is 302 g/mol. The lowest BCUT2D eigenvalue weighted by Gasteiger charge is -2.24. The Labute approximate surface area is 141 Å². The van der Waals surface area contributed by atoms with Gasteiger partial charge in [-0.05, 0) is 44.0 Å². The van der Waals surface area contributed by atoms with Crippen LogP contribution in [0.1, 0.15) is 56.2 Å². The molecule has 24 heavy (non-hydrogen) atoms. The van der Waals surface area contributed by atoms with E-state index in [1.54, 1.807) is 12.1 Å². The molecule has 2 aromatic heterocycles. The molecule has 1 amide bonds. The average Bonchev–Trinajstić information content (AvgIpc) is 3.18. The Hall–Kier alpha value is -2.56. The fraction of sp³-hybridized carbons (Fsp3) is 0.368. The van der Waals surface area contributed by atoms with Crippen molar-refractivity contribution in [1.29, 1.82) is 0 Å². The Kier molecular flexibility index (Phi) is 4.42. The van der Waals surface area contributed by atoms with Gasteiger partial charge in [-0.1, -0.05) is 26.0 Å². The average molecular weight is 325 g/mol. The molecule has 0 spiro atoms. The minimum absolute atomic E-state index is 0.193. The van der Waals surface area contributed by atoms with E-state index < -0.39 is 0 Å². The lowest BCUT2D eigenvalue weighted by molar-refractivity contribution is 0.0893. The molecule has 3 aromatic rings. The molecular formula is C19H23N3O2. The van der Waals surface area contributed by atoms with Crippen LogP contribution < -0.4 is 5.32 Å². The predicted octanol–water partition coefficient (Wildman–Crippen LogP) is 4.34. The summed E-state index contributed by atoms with van der Waals surface area (Å²) in [5.74, 6) is 1.16. The zero-order chi connectivity index (χ0) is 17.3. The number of aromatic nitrogens is 2. The van der Waals surface area contributed by atoms with Crippen LogP contribution in [0.25, 0.3) is 11.0 Å². The van der Waals surface area contributed by atoms with E-state index in [-0.39, 0.29) is 23.9 Å². The largest absolute Gasteiger partial charge is 0.459 e. The van der Waals surface area contributed by atoms with Gasteiger partial charge in [-0.3, -0.25) is 4.79 Å². The summed E-state index contributed by atoms with van der Waals surface area (Å²) in [7, 11) is 0. The summed E-state index contributed by atoms with van der Waals surface area (Å²) in [6.07, 6.45) is 1.50. The molecule has 5 heteroatoms. The standard InChI is InChI=1S/C19H23N3O2/c1-12(2)17(21-19(23)16-10-7-11-24-16)18-20-14-8-5-6-9-15(14)22(18)13(3)4/h5-13,17H,1-4H3,(H,21,23)/t17-/m1/s1. The van der Waals surface area contributed by atoms with Crippen LogP contribution in [-0.2, 0) is 0 Å². The van der Waals surface area contributed by atoms with Gasteiger partial charge in [0.2, 0.25) is 0 Å². The number of carbonyl (C=O) groups excluding carboxylic acids is 1. The Morgan fingerprint density at radius 3 is 2.50 bits per heavy atom. The van der Waals surface area contributed by atoms with Gasteiger partial charge in [0, 0.05) is 6.04 Å². The quantitative estimate of drug-likeness (QED) is 0.759. The monoisotopic (exact) mass is 325 g/mol. The van der Waals surface area contributed by atoms with Crippen molar-refractivity contribution in [3.63, 3.8) is 0 Å². The summed E-state index contributed by atoms with van der Waals surface area (Å²) in [5.41, 5.74) is 2.03. The minimum atomic E-state index is -0.221. The first-order valence-electron chi connectivity index (χ1n) is 8.30. The number of carbonyl (C=O) groups is 1. The maximum atomic E-state index is 12.4. The van der Waals surface area contributed by atoms with Crippen LogP contribution in [0.2, 0.25) is 0 Å². The number of benzene rings is 1. The molecule has 1 N–H and O–H groups in total. The molecule has 3 rings (SSSR count). The number of fused-ring (bicyclic) bond motifs is 1. The van der Waals surface area contributed by atoms with Crippen LogP contribution in [-0.4, -0.2) is 15.5 Å². The van der Waals surface area contributed by atoms with Crippen LogP contribution in [0.15, 0.2) is 47.1 Å². The number of nitrogens with zero attached hydrogens (tertiary/aromatic N) is 2. The highest BCUT2D eigenvalue weighted by atomic mass is 16.3. The normalized spacial score (nSPS) is 12.9. The fourth-order valence-electron chi connectivity index (χ4n) is 2.97. The van der Waals surface area contributed by atoms with Crippen molar-refractivity contribution < 1.29 is 9.21 Å². The Morgan fingerprint density at radius 1 is 1.12 bits per heavy atom. The van der Waals surface area contributed by atoms with Crippen LogP contribution in [0.3, 0.4) is 0 Å². The first-order valence-corrected chi connectivity index (χ1v) is 8.30. The lowest BCUT2D eigenvalue weighted by Crippen LogP contribution is -2.33. The van der Waals surface area contributed by atoms with Gasteiger partial charge < -0.3 is 14.3 Å². The number of rotatable bonds is 5. The third kappa shape index (κ3) is 2.94. The van der Waals surface area contributed by atoms with Gasteiger partial charge in [0.15, 0.2) is 5.76 Å². The molecule has 5 nitrogen and oxygen atoms in total. The molecule has 0 radical (unpaired) electrons. The van der Waals surface area contributed by atoms with Gasteiger partial charge in [0.05, 0.1) is 23.3 Å². The molecule has 2 heterocycles. The molecule has 0 fully saturated rings. The van der Waals surface area contributed by atoms with E-state index in [9.17, 15) is 4.79 Å². The summed E-state index contributed by atoms with van der Waals surface area (Å²) < 4.78 is 7.41. The minimum Gasteiger partial charge on any atom is -0.459 e. The zero-order valence-electron chi connectivity index (χ0n) is 14.5. The summed E-state index contributed by atoms with van der Waals surface area (Å²) in [6, 6.07) is 11.5. The number of imidazole rings is 1. The Balaban J connectivity index is 2.04. The summed E-state index contributed by atoms with van der Waals surface area (Å²) >= 11 is 0. The SMILES string of the molecule is CC(C)[C@@H](NC(=O)c1ccco1)c1nc2ccccc2n1C(C)C. The molecule has 0 saturated heterocycles. The zero-order valence-corrected chi connectivity index (χ0v) is 14.5. The van der Waals surface area contributed by atoms with Crippen molar-refractivity contribution in [3.8, 4) is 0 Å². The molecule has 0 aliphatic carbocycles. The lowest BCUT2D eigenvalue weighted by atomic mass is 10.0. The summed E-state index contributed by atoms with van der Waals surface area (Å²) in [5, 5.41) is 3.08. The number of nitrogens with one attached hydrogen (secondary N) is 1. The van der Waals surface area contributed by atoms with E-state index in [0.29, 0.717) is 5.76 Å². The van der Waals surface area contributed by atoms with Crippen molar-refractivity contribution in [2.45, 2.75) is 39.8 Å². The van der Waals surface area contributed by atoms with Gasteiger partial charge in [-0.15, -0.1) is 0 Å². The van der Waals surface area contributed by atoms with E-state index in [4.69, 9.17) is 9.40 Å². The Bertz CT molecular complexity index is 832.